The summed E-state index contributed by atoms with van der Waals surface area (Å²) in [6, 6.07) is 15.8. The zero-order chi connectivity index (χ0) is 16.2. The molecule has 0 saturated carbocycles. The summed E-state index contributed by atoms with van der Waals surface area (Å²) in [7, 11) is 1.91. The zero-order valence-electron chi connectivity index (χ0n) is 13.3. The first-order chi connectivity index (χ1) is 11.2. The third-order valence-corrected chi connectivity index (χ3v) is 3.86. The molecule has 118 valence electrons. The molecule has 0 aliphatic heterocycles. The molecule has 5 heteroatoms. The second-order valence-corrected chi connectivity index (χ2v) is 5.76. The quantitative estimate of drug-likeness (QED) is 0.738. The summed E-state index contributed by atoms with van der Waals surface area (Å²) in [4.78, 5) is 4.74. The Morgan fingerprint density at radius 2 is 1.87 bits per heavy atom. The highest BCUT2D eigenvalue weighted by molar-refractivity contribution is 6.30. The molecule has 0 amide bonds. The highest BCUT2D eigenvalue weighted by atomic mass is 35.5. The summed E-state index contributed by atoms with van der Waals surface area (Å²) >= 11 is 6.08. The Balaban J connectivity index is 2.04. The van der Waals surface area contributed by atoms with Gasteiger partial charge in [-0.25, -0.2) is 9.67 Å². The molecule has 0 aliphatic rings. The summed E-state index contributed by atoms with van der Waals surface area (Å²) in [5.41, 5.74) is 3.06. The molecular weight excluding hydrogens is 308 g/mol. The van der Waals surface area contributed by atoms with E-state index in [0.717, 1.165) is 35.6 Å². The standard InChI is InChI=1S/C18H19ClN4/c1-3-11-23-18(13-7-9-16(20-2)10-8-13)21-17(22-23)14-5-4-6-15(19)12-14/h4-10,12,20H,3,11H2,1-2H3. The van der Waals surface area contributed by atoms with Crippen molar-refractivity contribution in [1.29, 1.82) is 0 Å². The van der Waals surface area contributed by atoms with Crippen LogP contribution in [0.1, 0.15) is 13.3 Å². The molecule has 0 spiro atoms. The summed E-state index contributed by atoms with van der Waals surface area (Å²) in [6.07, 6.45) is 1.000. The molecule has 0 radical (unpaired) electrons. The normalized spacial score (nSPS) is 10.7. The predicted molar refractivity (Wildman–Crippen MR) is 95.7 cm³/mol. The van der Waals surface area contributed by atoms with E-state index in [-0.39, 0.29) is 0 Å². The van der Waals surface area contributed by atoms with Gasteiger partial charge in [-0.15, -0.1) is 0 Å². The molecular formula is C18H19ClN4. The van der Waals surface area contributed by atoms with Crippen molar-refractivity contribution in [2.45, 2.75) is 19.9 Å². The van der Waals surface area contributed by atoms with Gasteiger partial charge in [0.1, 0.15) is 0 Å². The van der Waals surface area contributed by atoms with Crippen molar-refractivity contribution in [2.24, 2.45) is 0 Å². The number of rotatable bonds is 5. The van der Waals surface area contributed by atoms with Crippen LogP contribution < -0.4 is 5.32 Å². The summed E-state index contributed by atoms with van der Waals surface area (Å²) < 4.78 is 1.96. The molecule has 0 aliphatic carbocycles. The Bertz CT molecular complexity index is 793. The average molecular weight is 327 g/mol. The van der Waals surface area contributed by atoms with Crippen LogP contribution in [0.25, 0.3) is 22.8 Å². The lowest BCUT2D eigenvalue weighted by molar-refractivity contribution is 0.609. The number of aryl methyl sites for hydroxylation is 1. The number of hydrogen-bond acceptors (Lipinski definition) is 3. The van der Waals surface area contributed by atoms with Gasteiger partial charge in [-0.05, 0) is 42.8 Å². The number of nitrogens with one attached hydrogen (secondary N) is 1. The molecule has 0 fully saturated rings. The molecule has 1 heterocycles. The van der Waals surface area contributed by atoms with Gasteiger partial charge in [0.05, 0.1) is 0 Å². The summed E-state index contributed by atoms with van der Waals surface area (Å²) in [5.74, 6) is 1.58. The van der Waals surface area contributed by atoms with E-state index in [4.69, 9.17) is 16.6 Å². The van der Waals surface area contributed by atoms with E-state index in [2.05, 4.69) is 29.5 Å². The molecule has 0 atom stereocenters. The number of aromatic nitrogens is 3. The fraction of sp³-hybridized carbons (Fsp3) is 0.222. The molecule has 1 N–H and O–H groups in total. The SMILES string of the molecule is CCCn1nc(-c2cccc(Cl)c2)nc1-c1ccc(NC)cc1. The van der Waals surface area contributed by atoms with Crippen LogP contribution >= 0.6 is 11.6 Å². The lowest BCUT2D eigenvalue weighted by atomic mass is 10.2. The Morgan fingerprint density at radius 3 is 2.52 bits per heavy atom. The van der Waals surface area contributed by atoms with Gasteiger partial charge in [0, 0.05) is 35.4 Å². The lowest BCUT2D eigenvalue weighted by Gasteiger charge is -2.05. The van der Waals surface area contributed by atoms with Gasteiger partial charge >= 0.3 is 0 Å². The van der Waals surface area contributed by atoms with Crippen molar-refractivity contribution in [2.75, 3.05) is 12.4 Å². The third-order valence-electron chi connectivity index (χ3n) is 3.62. The largest absolute Gasteiger partial charge is 0.388 e. The molecule has 4 nitrogen and oxygen atoms in total. The van der Waals surface area contributed by atoms with Crippen LogP contribution in [-0.2, 0) is 6.54 Å². The third kappa shape index (κ3) is 3.37. The lowest BCUT2D eigenvalue weighted by Crippen LogP contribution is -2.02. The van der Waals surface area contributed by atoms with Crippen LogP contribution in [-0.4, -0.2) is 21.8 Å². The highest BCUT2D eigenvalue weighted by Gasteiger charge is 2.13. The van der Waals surface area contributed by atoms with Crippen molar-refractivity contribution >= 4 is 17.3 Å². The fourth-order valence-electron chi connectivity index (χ4n) is 2.46. The van der Waals surface area contributed by atoms with E-state index in [0.29, 0.717) is 10.8 Å². The Labute approximate surface area is 141 Å². The Hall–Kier alpha value is -2.33. The molecule has 23 heavy (non-hydrogen) atoms. The van der Waals surface area contributed by atoms with E-state index in [1.807, 2.05) is 48.1 Å². The first-order valence-electron chi connectivity index (χ1n) is 7.70. The van der Waals surface area contributed by atoms with Crippen LogP contribution in [0.15, 0.2) is 48.5 Å². The minimum absolute atomic E-state index is 0.689. The number of halogens is 1. The van der Waals surface area contributed by atoms with Gasteiger partial charge in [0.2, 0.25) is 0 Å². The minimum atomic E-state index is 0.689. The topological polar surface area (TPSA) is 42.7 Å². The van der Waals surface area contributed by atoms with Crippen molar-refractivity contribution in [3.63, 3.8) is 0 Å². The minimum Gasteiger partial charge on any atom is -0.388 e. The molecule has 0 saturated heterocycles. The Morgan fingerprint density at radius 1 is 1.09 bits per heavy atom. The van der Waals surface area contributed by atoms with Crippen molar-refractivity contribution in [3.05, 3.63) is 53.6 Å². The smallest absolute Gasteiger partial charge is 0.181 e. The van der Waals surface area contributed by atoms with Crippen molar-refractivity contribution < 1.29 is 0 Å². The van der Waals surface area contributed by atoms with Crippen LogP contribution in [0.3, 0.4) is 0 Å². The van der Waals surface area contributed by atoms with Gasteiger partial charge in [0.15, 0.2) is 11.6 Å². The fourth-order valence-corrected chi connectivity index (χ4v) is 2.65. The molecule has 3 rings (SSSR count). The van der Waals surface area contributed by atoms with E-state index >= 15 is 0 Å². The maximum Gasteiger partial charge on any atom is 0.181 e. The molecule has 0 unspecified atom stereocenters. The summed E-state index contributed by atoms with van der Waals surface area (Å²) in [5, 5.41) is 8.48. The van der Waals surface area contributed by atoms with Crippen molar-refractivity contribution in [1.82, 2.24) is 14.8 Å². The number of benzene rings is 2. The van der Waals surface area contributed by atoms with Gasteiger partial charge in [-0.3, -0.25) is 0 Å². The number of anilines is 1. The molecule has 3 aromatic rings. The van der Waals surface area contributed by atoms with Crippen LogP contribution in [0.4, 0.5) is 5.69 Å². The number of nitrogens with zero attached hydrogens (tertiary/aromatic N) is 3. The van der Waals surface area contributed by atoms with Crippen LogP contribution in [0, 0.1) is 0 Å². The van der Waals surface area contributed by atoms with Gasteiger partial charge in [-0.1, -0.05) is 30.7 Å². The van der Waals surface area contributed by atoms with Crippen LogP contribution in [0.2, 0.25) is 5.02 Å². The first kappa shape index (κ1) is 15.6. The summed E-state index contributed by atoms with van der Waals surface area (Å²) in [6.45, 7) is 2.96. The van der Waals surface area contributed by atoms with Crippen LogP contribution in [0.5, 0.6) is 0 Å². The van der Waals surface area contributed by atoms with E-state index in [1.54, 1.807) is 0 Å². The maximum absolute atomic E-state index is 6.08. The molecule has 0 bridgehead atoms. The second kappa shape index (κ2) is 6.84. The highest BCUT2D eigenvalue weighted by Crippen LogP contribution is 2.25. The predicted octanol–water partition coefficient (Wildman–Crippen LogP) is 4.72. The number of hydrogen-bond donors (Lipinski definition) is 1. The van der Waals surface area contributed by atoms with Gasteiger partial charge < -0.3 is 5.32 Å². The van der Waals surface area contributed by atoms with Gasteiger partial charge in [0.25, 0.3) is 0 Å². The average Bonchev–Trinajstić information content (AvgIpc) is 2.99. The zero-order valence-corrected chi connectivity index (χ0v) is 14.0. The maximum atomic E-state index is 6.08. The monoisotopic (exact) mass is 326 g/mol. The molecule has 2 aromatic carbocycles. The van der Waals surface area contributed by atoms with E-state index in [9.17, 15) is 0 Å². The Kier molecular flexibility index (Phi) is 4.63. The van der Waals surface area contributed by atoms with E-state index in [1.165, 1.54) is 0 Å². The molecule has 1 aromatic heterocycles. The second-order valence-electron chi connectivity index (χ2n) is 5.32. The van der Waals surface area contributed by atoms with E-state index < -0.39 is 0 Å². The van der Waals surface area contributed by atoms with Crippen molar-refractivity contribution in [3.8, 4) is 22.8 Å². The first-order valence-corrected chi connectivity index (χ1v) is 8.08. The van der Waals surface area contributed by atoms with Gasteiger partial charge in [-0.2, -0.15) is 5.10 Å².